The topological polar surface area (TPSA) is 98.7 Å². The normalized spacial score (nSPS) is 20.0. The van der Waals surface area contributed by atoms with Gasteiger partial charge < -0.3 is 15.1 Å². The Balaban J connectivity index is 1.53. The summed E-state index contributed by atoms with van der Waals surface area (Å²) < 4.78 is 25.1. The molecule has 9 nitrogen and oxygen atoms in total. The molecule has 2 aliphatic rings. The molecular weight excluding hydrogens is 404 g/mol. The number of carbonyl (C=O) groups is 1. The zero-order valence-electron chi connectivity index (χ0n) is 18.5. The second-order valence-corrected chi connectivity index (χ2v) is 10.3. The summed E-state index contributed by atoms with van der Waals surface area (Å²) in [7, 11) is -1.47. The van der Waals surface area contributed by atoms with Crippen LogP contribution in [0.25, 0.3) is 0 Å². The fourth-order valence-electron chi connectivity index (χ4n) is 4.48. The molecule has 0 saturated carbocycles. The lowest BCUT2D eigenvalue weighted by Gasteiger charge is -2.43. The number of sulfonamides is 1. The van der Waals surface area contributed by atoms with Crippen molar-refractivity contribution in [1.82, 2.24) is 24.1 Å². The van der Waals surface area contributed by atoms with Crippen molar-refractivity contribution in [1.29, 1.82) is 0 Å². The highest BCUT2D eigenvalue weighted by molar-refractivity contribution is 7.88. The van der Waals surface area contributed by atoms with E-state index in [2.05, 4.69) is 20.2 Å². The van der Waals surface area contributed by atoms with Gasteiger partial charge in [-0.1, -0.05) is 0 Å². The summed E-state index contributed by atoms with van der Waals surface area (Å²) in [6.07, 6.45) is 6.30. The molecule has 1 aromatic heterocycles. The van der Waals surface area contributed by atoms with Crippen molar-refractivity contribution in [3.63, 3.8) is 0 Å². The van der Waals surface area contributed by atoms with Crippen molar-refractivity contribution < 1.29 is 13.2 Å². The Bertz CT molecular complexity index is 846. The molecular formula is C20H34N6O3S. The first-order chi connectivity index (χ1) is 14.2. The van der Waals surface area contributed by atoms with Crippen LogP contribution >= 0.6 is 0 Å². The number of nitrogens with zero attached hydrogens (tertiary/aromatic N) is 5. The van der Waals surface area contributed by atoms with Crippen LogP contribution in [0.2, 0.25) is 0 Å². The second-order valence-electron chi connectivity index (χ2n) is 8.30. The van der Waals surface area contributed by atoms with E-state index in [9.17, 15) is 13.2 Å². The van der Waals surface area contributed by atoms with E-state index >= 15 is 0 Å². The van der Waals surface area contributed by atoms with Crippen LogP contribution in [-0.2, 0) is 10.0 Å². The first-order valence-electron chi connectivity index (χ1n) is 10.7. The fraction of sp³-hybridized carbons (Fsp3) is 0.750. The molecule has 0 radical (unpaired) electrons. The maximum atomic E-state index is 13.0. The quantitative estimate of drug-likeness (QED) is 0.712. The van der Waals surface area contributed by atoms with E-state index in [1.54, 1.807) is 7.05 Å². The van der Waals surface area contributed by atoms with Crippen LogP contribution in [0.4, 0.5) is 5.82 Å². The Morgan fingerprint density at radius 1 is 1.17 bits per heavy atom. The van der Waals surface area contributed by atoms with Gasteiger partial charge in [-0.3, -0.25) is 4.79 Å². The summed E-state index contributed by atoms with van der Waals surface area (Å²) in [5, 5.41) is 3.18. The first kappa shape index (κ1) is 22.9. The molecule has 0 unspecified atom stereocenters. The average molecular weight is 439 g/mol. The molecule has 2 saturated heterocycles. The maximum Gasteiger partial charge on any atom is 0.272 e. The number of rotatable bonds is 6. The molecule has 30 heavy (non-hydrogen) atoms. The summed E-state index contributed by atoms with van der Waals surface area (Å²) in [5.74, 6) is 0.689. The highest BCUT2D eigenvalue weighted by Gasteiger charge is 2.33. The molecule has 10 heteroatoms. The predicted molar refractivity (Wildman–Crippen MR) is 117 cm³/mol. The Morgan fingerprint density at radius 2 is 1.80 bits per heavy atom. The van der Waals surface area contributed by atoms with Crippen LogP contribution < -0.4 is 5.32 Å². The van der Waals surface area contributed by atoms with Crippen LogP contribution in [0.1, 0.15) is 48.7 Å². The van der Waals surface area contributed by atoms with Gasteiger partial charge in [-0.25, -0.2) is 22.7 Å². The largest absolute Gasteiger partial charge is 0.370 e. The van der Waals surface area contributed by atoms with Gasteiger partial charge in [-0.05, 0) is 52.6 Å². The van der Waals surface area contributed by atoms with Crippen LogP contribution in [0.3, 0.4) is 0 Å². The number of likely N-dealkylation sites (tertiary alicyclic amines) is 2. The molecule has 0 spiro atoms. The second kappa shape index (κ2) is 9.57. The van der Waals surface area contributed by atoms with Crippen molar-refractivity contribution >= 4 is 21.7 Å². The molecule has 1 amide bonds. The highest BCUT2D eigenvalue weighted by Crippen LogP contribution is 2.25. The van der Waals surface area contributed by atoms with Crippen LogP contribution in [0.15, 0.2) is 6.33 Å². The molecule has 2 aliphatic heterocycles. The van der Waals surface area contributed by atoms with E-state index in [0.29, 0.717) is 30.6 Å². The Morgan fingerprint density at radius 3 is 2.37 bits per heavy atom. The minimum atomic E-state index is -3.14. The zero-order chi connectivity index (χ0) is 21.9. The van der Waals surface area contributed by atoms with Gasteiger partial charge in [0.2, 0.25) is 10.0 Å². The molecule has 0 aromatic carbocycles. The smallest absolute Gasteiger partial charge is 0.272 e. The van der Waals surface area contributed by atoms with E-state index in [1.165, 1.54) is 16.9 Å². The molecule has 168 valence electrons. The number of carbonyl (C=O) groups excluding carboxylic acids is 1. The maximum absolute atomic E-state index is 13.0. The molecule has 3 heterocycles. The summed E-state index contributed by atoms with van der Waals surface area (Å²) in [5.41, 5.74) is 1.27. The van der Waals surface area contributed by atoms with Crippen molar-refractivity contribution in [3.05, 3.63) is 17.6 Å². The zero-order valence-corrected chi connectivity index (χ0v) is 19.3. The number of anilines is 1. The molecule has 0 aliphatic carbocycles. The summed E-state index contributed by atoms with van der Waals surface area (Å²) >= 11 is 0. The number of piperidine rings is 2. The van der Waals surface area contributed by atoms with Crippen molar-refractivity contribution in [2.45, 2.75) is 51.6 Å². The van der Waals surface area contributed by atoms with Crippen LogP contribution in [-0.4, -0.2) is 96.5 Å². The minimum absolute atomic E-state index is 0.0269. The van der Waals surface area contributed by atoms with Crippen LogP contribution in [0.5, 0.6) is 0 Å². The third-order valence-electron chi connectivity index (χ3n) is 6.44. The lowest BCUT2D eigenvalue weighted by molar-refractivity contribution is 0.0542. The lowest BCUT2D eigenvalue weighted by atomic mass is 9.97. The fourth-order valence-corrected chi connectivity index (χ4v) is 5.23. The standard InChI is InChI=1S/C20H34N6O3S/c1-5-21-19-15(2)18(22-14-23-19)20(27)26-12-8-17(9-13-26)25-10-6-16(7-11-25)24(3)30(4,28)29/h14,16-17H,5-13H2,1-4H3,(H,21,22,23). The van der Waals surface area contributed by atoms with E-state index < -0.39 is 10.0 Å². The monoisotopic (exact) mass is 438 g/mol. The Labute approximate surface area is 179 Å². The molecule has 0 bridgehead atoms. The average Bonchev–Trinajstić information content (AvgIpc) is 2.74. The third kappa shape index (κ3) is 5.09. The van der Waals surface area contributed by atoms with Gasteiger partial charge in [-0.15, -0.1) is 0 Å². The molecule has 0 atom stereocenters. The van der Waals surface area contributed by atoms with Crippen molar-refractivity contribution in [2.24, 2.45) is 0 Å². The minimum Gasteiger partial charge on any atom is -0.370 e. The van der Waals surface area contributed by atoms with E-state index in [1.807, 2.05) is 18.7 Å². The summed E-state index contributed by atoms with van der Waals surface area (Å²) in [4.78, 5) is 25.8. The van der Waals surface area contributed by atoms with Gasteiger partial charge in [-0.2, -0.15) is 0 Å². The molecule has 1 aromatic rings. The summed E-state index contributed by atoms with van der Waals surface area (Å²) in [6, 6.07) is 0.534. The number of nitrogens with one attached hydrogen (secondary N) is 1. The lowest BCUT2D eigenvalue weighted by Crippen LogP contribution is -2.52. The summed E-state index contributed by atoms with van der Waals surface area (Å²) in [6.45, 7) is 7.86. The Kier molecular flexibility index (Phi) is 7.30. The van der Waals surface area contributed by atoms with Gasteiger partial charge >= 0.3 is 0 Å². The van der Waals surface area contributed by atoms with Crippen molar-refractivity contribution in [2.75, 3.05) is 51.3 Å². The predicted octanol–water partition coefficient (Wildman–Crippen LogP) is 1.18. The van der Waals surface area contributed by atoms with Gasteiger partial charge in [0.05, 0.1) is 6.26 Å². The number of aromatic nitrogens is 2. The first-order valence-corrected chi connectivity index (χ1v) is 12.6. The van der Waals surface area contributed by atoms with Crippen molar-refractivity contribution in [3.8, 4) is 0 Å². The van der Waals surface area contributed by atoms with Gasteiger partial charge in [0.1, 0.15) is 17.8 Å². The number of hydrogen-bond acceptors (Lipinski definition) is 7. The molecule has 2 fully saturated rings. The number of amides is 1. The molecule has 1 N–H and O–H groups in total. The van der Waals surface area contributed by atoms with E-state index in [-0.39, 0.29) is 11.9 Å². The van der Waals surface area contributed by atoms with Crippen LogP contribution in [0, 0.1) is 6.92 Å². The van der Waals surface area contributed by atoms with E-state index in [4.69, 9.17) is 0 Å². The van der Waals surface area contributed by atoms with Gasteiger partial charge in [0, 0.05) is 44.3 Å². The van der Waals surface area contributed by atoms with E-state index in [0.717, 1.165) is 50.9 Å². The SMILES string of the molecule is CCNc1ncnc(C(=O)N2CCC(N3CCC(N(C)S(C)(=O)=O)CC3)CC2)c1C. The third-order valence-corrected chi connectivity index (χ3v) is 7.78. The van der Waals surface area contributed by atoms with Gasteiger partial charge in [0.25, 0.3) is 5.91 Å². The Hall–Kier alpha value is -1.78. The molecule has 3 rings (SSSR count). The van der Waals surface area contributed by atoms with Gasteiger partial charge in [0.15, 0.2) is 0 Å². The highest BCUT2D eigenvalue weighted by atomic mass is 32.2. The number of hydrogen-bond donors (Lipinski definition) is 1.